The largest absolute Gasteiger partial charge is 0.345 e. The Bertz CT molecular complexity index is 445. The summed E-state index contributed by atoms with van der Waals surface area (Å²) in [5, 5.41) is 2.98. The van der Waals surface area contributed by atoms with Crippen molar-refractivity contribution in [3.63, 3.8) is 0 Å². The highest BCUT2D eigenvalue weighted by Gasteiger charge is 2.31. The van der Waals surface area contributed by atoms with Crippen LogP contribution in [0.3, 0.4) is 0 Å². The smallest absolute Gasteiger partial charge is 0.247 e. The van der Waals surface area contributed by atoms with Crippen LogP contribution in [0.5, 0.6) is 0 Å². The molecule has 98 valence electrons. The Labute approximate surface area is 108 Å². The fourth-order valence-electron chi connectivity index (χ4n) is 2.70. The molecule has 1 aliphatic heterocycles. The van der Waals surface area contributed by atoms with Gasteiger partial charge in [-0.2, -0.15) is 0 Å². The molecule has 0 fully saturated rings. The van der Waals surface area contributed by atoms with Crippen molar-refractivity contribution in [1.82, 2.24) is 5.32 Å². The molecule has 0 aromatic carbocycles. The van der Waals surface area contributed by atoms with Crippen LogP contribution >= 0.6 is 0 Å². The number of nitrogens with one attached hydrogen (secondary N) is 1. The topological polar surface area (TPSA) is 46.2 Å². The fourth-order valence-corrected chi connectivity index (χ4v) is 2.70. The van der Waals surface area contributed by atoms with Crippen molar-refractivity contribution in [1.29, 1.82) is 0 Å². The Morgan fingerprint density at radius 2 is 2.00 bits per heavy atom. The molecule has 0 radical (unpaired) electrons. The average Bonchev–Trinajstić information content (AvgIpc) is 2.56. The van der Waals surface area contributed by atoms with Crippen LogP contribution < -0.4 is 5.32 Å². The number of hydrogen-bond acceptors (Lipinski definition) is 2. The van der Waals surface area contributed by atoms with E-state index in [-0.39, 0.29) is 23.7 Å². The van der Waals surface area contributed by atoms with Crippen LogP contribution in [-0.2, 0) is 9.59 Å². The number of carbonyl (C=O) groups is 2. The lowest BCUT2D eigenvalue weighted by Crippen LogP contribution is -2.30. The highest BCUT2D eigenvalue weighted by molar-refractivity contribution is 5.99. The van der Waals surface area contributed by atoms with Gasteiger partial charge in [-0.05, 0) is 38.7 Å². The maximum Gasteiger partial charge on any atom is 0.247 e. The quantitative estimate of drug-likeness (QED) is 0.669. The van der Waals surface area contributed by atoms with Gasteiger partial charge in [0.15, 0.2) is 0 Å². The zero-order valence-electron chi connectivity index (χ0n) is 11.4. The summed E-state index contributed by atoms with van der Waals surface area (Å²) in [6.45, 7) is 5.92. The molecule has 3 heteroatoms. The van der Waals surface area contributed by atoms with Gasteiger partial charge >= 0.3 is 0 Å². The van der Waals surface area contributed by atoms with E-state index >= 15 is 0 Å². The van der Waals surface area contributed by atoms with Gasteiger partial charge in [0, 0.05) is 17.9 Å². The molecule has 0 unspecified atom stereocenters. The Morgan fingerprint density at radius 1 is 1.28 bits per heavy atom. The van der Waals surface area contributed by atoms with E-state index in [4.69, 9.17) is 0 Å². The van der Waals surface area contributed by atoms with E-state index in [1.54, 1.807) is 0 Å². The van der Waals surface area contributed by atoms with Crippen molar-refractivity contribution >= 4 is 11.7 Å². The van der Waals surface area contributed by atoms with Crippen LogP contribution in [0.25, 0.3) is 0 Å². The predicted octanol–water partition coefficient (Wildman–Crippen LogP) is 2.53. The third-order valence-corrected chi connectivity index (χ3v) is 4.08. The van der Waals surface area contributed by atoms with Crippen LogP contribution in [0.1, 0.15) is 46.5 Å². The van der Waals surface area contributed by atoms with Crippen LogP contribution in [0.15, 0.2) is 22.8 Å². The lowest BCUT2D eigenvalue weighted by Gasteiger charge is -2.19. The predicted molar refractivity (Wildman–Crippen MR) is 71.0 cm³/mol. The molecule has 18 heavy (non-hydrogen) atoms. The van der Waals surface area contributed by atoms with Gasteiger partial charge in [0.1, 0.15) is 5.78 Å². The van der Waals surface area contributed by atoms with Crippen molar-refractivity contribution in [2.45, 2.75) is 52.5 Å². The Balaban J connectivity index is 2.31. The second-order valence-electron chi connectivity index (χ2n) is 5.55. The summed E-state index contributed by atoms with van der Waals surface area (Å²) in [5.74, 6) is 0.338. The number of fused-ring (bicyclic) bond motifs is 1. The standard InChI is InChI=1S/C15H21NO2/c1-9-5-4-6-10(2)14(17)8-12-11(3)15(18)16-13(12)7-9/h5,10,13H,4,6-8H2,1-3H3,(H,16,18)/b9-5+/t10-,13+/m0/s1. The highest BCUT2D eigenvalue weighted by atomic mass is 16.2. The first-order valence-corrected chi connectivity index (χ1v) is 6.68. The van der Waals surface area contributed by atoms with Gasteiger partial charge in [-0.1, -0.05) is 18.6 Å². The van der Waals surface area contributed by atoms with Crippen LogP contribution in [0, 0.1) is 5.92 Å². The van der Waals surface area contributed by atoms with Crippen molar-refractivity contribution in [3.8, 4) is 0 Å². The SMILES string of the molecule is CC1=C2CC(=O)[C@@H](C)CC/C=C(\C)C[C@H]2NC1=O. The molecule has 2 rings (SSSR count). The van der Waals surface area contributed by atoms with E-state index in [1.165, 1.54) is 5.57 Å². The summed E-state index contributed by atoms with van der Waals surface area (Å²) in [7, 11) is 0. The highest BCUT2D eigenvalue weighted by Crippen LogP contribution is 2.28. The summed E-state index contributed by atoms with van der Waals surface area (Å²) in [6, 6.07) is 0.0306. The number of rotatable bonds is 0. The van der Waals surface area contributed by atoms with Gasteiger partial charge < -0.3 is 5.32 Å². The van der Waals surface area contributed by atoms with Crippen LogP contribution in [0.4, 0.5) is 0 Å². The normalized spacial score (nSPS) is 32.7. The van der Waals surface area contributed by atoms with E-state index in [0.29, 0.717) is 6.42 Å². The molecule has 0 aromatic heterocycles. The summed E-state index contributed by atoms with van der Waals surface area (Å²) in [4.78, 5) is 23.8. The molecule has 1 amide bonds. The number of carbonyl (C=O) groups excluding carboxylic acids is 2. The molecule has 1 N–H and O–H groups in total. The van der Waals surface area contributed by atoms with Crippen molar-refractivity contribution < 1.29 is 9.59 Å². The van der Waals surface area contributed by atoms with Gasteiger partial charge in [-0.15, -0.1) is 0 Å². The molecule has 0 bridgehead atoms. The van der Waals surface area contributed by atoms with Gasteiger partial charge in [0.2, 0.25) is 5.91 Å². The Morgan fingerprint density at radius 3 is 2.72 bits per heavy atom. The van der Waals surface area contributed by atoms with E-state index in [2.05, 4.69) is 18.3 Å². The lowest BCUT2D eigenvalue weighted by atomic mass is 9.88. The average molecular weight is 247 g/mol. The summed E-state index contributed by atoms with van der Waals surface area (Å²) in [6.07, 6.45) is 5.34. The molecule has 3 nitrogen and oxygen atoms in total. The minimum Gasteiger partial charge on any atom is -0.345 e. The molecule has 0 saturated carbocycles. The number of ketones is 1. The van der Waals surface area contributed by atoms with Crippen molar-refractivity contribution in [2.24, 2.45) is 5.92 Å². The monoisotopic (exact) mass is 247 g/mol. The van der Waals surface area contributed by atoms with E-state index < -0.39 is 0 Å². The van der Waals surface area contributed by atoms with E-state index in [1.807, 2.05) is 13.8 Å². The second-order valence-corrected chi connectivity index (χ2v) is 5.55. The number of allylic oxidation sites excluding steroid dienone is 1. The number of Topliss-reactive ketones (excluding diaryl/α,β-unsaturated/α-hetero) is 1. The van der Waals surface area contributed by atoms with Gasteiger partial charge in [-0.25, -0.2) is 0 Å². The third-order valence-electron chi connectivity index (χ3n) is 4.08. The first-order valence-electron chi connectivity index (χ1n) is 6.68. The number of amides is 1. The molecule has 0 spiro atoms. The third kappa shape index (κ3) is 2.55. The minimum atomic E-state index is -0.0116. The summed E-state index contributed by atoms with van der Waals surface area (Å²) in [5.41, 5.74) is 3.05. The van der Waals surface area contributed by atoms with Gasteiger partial charge in [0.05, 0.1) is 6.04 Å². The zero-order chi connectivity index (χ0) is 13.3. The Kier molecular flexibility index (Phi) is 3.69. The van der Waals surface area contributed by atoms with E-state index in [9.17, 15) is 9.59 Å². The van der Waals surface area contributed by atoms with E-state index in [0.717, 1.165) is 30.4 Å². The first-order chi connectivity index (χ1) is 8.49. The van der Waals surface area contributed by atoms with Crippen molar-refractivity contribution in [2.75, 3.05) is 0 Å². The summed E-state index contributed by atoms with van der Waals surface area (Å²) < 4.78 is 0. The molecule has 2 aliphatic rings. The fraction of sp³-hybridized carbons (Fsp3) is 0.600. The molecule has 2 atom stereocenters. The molecular weight excluding hydrogens is 226 g/mol. The Hall–Kier alpha value is -1.38. The second kappa shape index (κ2) is 5.09. The summed E-state index contributed by atoms with van der Waals surface area (Å²) >= 11 is 0. The molecular formula is C15H21NO2. The minimum absolute atomic E-state index is 0.0116. The maximum absolute atomic E-state index is 12.1. The first kappa shape index (κ1) is 13.1. The zero-order valence-corrected chi connectivity index (χ0v) is 11.4. The lowest BCUT2D eigenvalue weighted by molar-refractivity contribution is -0.122. The molecule has 0 saturated heterocycles. The maximum atomic E-state index is 12.1. The van der Waals surface area contributed by atoms with Gasteiger partial charge in [-0.3, -0.25) is 9.59 Å². The number of hydrogen-bond donors (Lipinski definition) is 1. The molecule has 1 heterocycles. The molecule has 0 aromatic rings. The van der Waals surface area contributed by atoms with Crippen LogP contribution in [-0.4, -0.2) is 17.7 Å². The van der Waals surface area contributed by atoms with Crippen LogP contribution in [0.2, 0.25) is 0 Å². The van der Waals surface area contributed by atoms with Gasteiger partial charge in [0.25, 0.3) is 0 Å². The van der Waals surface area contributed by atoms with Crippen molar-refractivity contribution in [3.05, 3.63) is 22.8 Å². The molecule has 1 aliphatic carbocycles.